The fourth-order valence-electron chi connectivity index (χ4n) is 2.55. The molecule has 1 unspecified atom stereocenters. The van der Waals surface area contributed by atoms with Crippen molar-refractivity contribution < 1.29 is 24.5 Å². The number of rotatable bonds is 1. The highest BCUT2D eigenvalue weighted by atomic mass is 16.5. The van der Waals surface area contributed by atoms with Gasteiger partial charge in [0.05, 0.1) is 17.2 Å². The average molecular weight is 260 g/mol. The molecule has 1 aliphatic carbocycles. The fourth-order valence-corrected chi connectivity index (χ4v) is 2.55. The zero-order valence-corrected chi connectivity index (χ0v) is 10.0. The summed E-state index contributed by atoms with van der Waals surface area (Å²) in [5.41, 5.74) is 0.000599. The lowest BCUT2D eigenvalue weighted by Gasteiger charge is -2.20. The predicted molar refractivity (Wildman–Crippen MR) is 65.5 cm³/mol. The van der Waals surface area contributed by atoms with Crippen molar-refractivity contribution in [3.8, 4) is 11.5 Å². The summed E-state index contributed by atoms with van der Waals surface area (Å²) in [5.74, 6) is -1.52. The molecule has 1 aromatic rings. The zero-order valence-electron chi connectivity index (χ0n) is 10.0. The third-order valence-corrected chi connectivity index (χ3v) is 3.46. The molecule has 1 atom stereocenters. The van der Waals surface area contributed by atoms with Gasteiger partial charge in [-0.15, -0.1) is 0 Å². The van der Waals surface area contributed by atoms with Crippen LogP contribution in [0.1, 0.15) is 33.6 Å². The van der Waals surface area contributed by atoms with Crippen LogP contribution in [0.25, 0.3) is 0 Å². The van der Waals surface area contributed by atoms with E-state index in [0.717, 1.165) is 6.42 Å². The molecule has 1 aromatic carbocycles. The molecule has 1 fully saturated rings. The molecule has 0 spiro atoms. The molecule has 2 aliphatic rings. The Balaban J connectivity index is 2.14. The van der Waals surface area contributed by atoms with E-state index in [1.165, 1.54) is 18.2 Å². The van der Waals surface area contributed by atoms with E-state index in [1.807, 2.05) is 0 Å². The molecular weight excluding hydrogens is 248 g/mol. The summed E-state index contributed by atoms with van der Waals surface area (Å²) in [4.78, 5) is 24.4. The van der Waals surface area contributed by atoms with Crippen LogP contribution in [0.15, 0.2) is 23.8 Å². The monoisotopic (exact) mass is 260 g/mol. The maximum Gasteiger partial charge on any atom is 0.196 e. The molecule has 5 heteroatoms. The summed E-state index contributed by atoms with van der Waals surface area (Å²) in [6.07, 6.45) is 2.33. The minimum Gasteiger partial charge on any atom is -0.507 e. The Morgan fingerprint density at radius 3 is 2.42 bits per heavy atom. The van der Waals surface area contributed by atoms with E-state index in [-0.39, 0.29) is 28.2 Å². The minimum atomic E-state index is -0.478. The second kappa shape index (κ2) is 4.20. The summed E-state index contributed by atoms with van der Waals surface area (Å²) in [5, 5.41) is 19.5. The lowest BCUT2D eigenvalue weighted by Crippen LogP contribution is -2.25. The SMILES string of the molecule is O=C1C=C(C2CCCO2)C(=O)c2c(O)ccc(O)c21. The molecule has 1 aliphatic heterocycles. The Kier molecular flexibility index (Phi) is 2.64. The molecule has 3 rings (SSSR count). The van der Waals surface area contributed by atoms with Crippen molar-refractivity contribution in [2.75, 3.05) is 6.61 Å². The van der Waals surface area contributed by atoms with Gasteiger partial charge >= 0.3 is 0 Å². The van der Waals surface area contributed by atoms with Crippen LogP contribution in [0.2, 0.25) is 0 Å². The maximum atomic E-state index is 12.4. The van der Waals surface area contributed by atoms with Crippen molar-refractivity contribution in [2.24, 2.45) is 0 Å². The van der Waals surface area contributed by atoms with Crippen LogP contribution in [0, 0.1) is 0 Å². The number of ketones is 2. The van der Waals surface area contributed by atoms with Crippen molar-refractivity contribution in [2.45, 2.75) is 18.9 Å². The predicted octanol–water partition coefficient (Wildman–Crippen LogP) is 1.58. The molecule has 1 heterocycles. The minimum absolute atomic E-state index is 0.127. The number of Topliss-reactive ketones (excluding diaryl/α,β-unsaturated/α-hetero) is 1. The molecule has 0 aromatic heterocycles. The average Bonchev–Trinajstić information content (AvgIpc) is 2.90. The molecule has 0 amide bonds. The number of allylic oxidation sites excluding steroid dienone is 1. The number of phenolic OH excluding ortho intramolecular Hbond substituents is 2. The second-order valence-corrected chi connectivity index (χ2v) is 4.65. The van der Waals surface area contributed by atoms with Crippen LogP contribution in [-0.2, 0) is 4.74 Å². The number of fused-ring (bicyclic) bond motifs is 1. The van der Waals surface area contributed by atoms with E-state index >= 15 is 0 Å². The second-order valence-electron chi connectivity index (χ2n) is 4.65. The Hall–Kier alpha value is -2.14. The zero-order chi connectivity index (χ0) is 13.6. The van der Waals surface area contributed by atoms with Crippen LogP contribution in [0.3, 0.4) is 0 Å². The van der Waals surface area contributed by atoms with Gasteiger partial charge in [0.15, 0.2) is 11.6 Å². The summed E-state index contributed by atoms with van der Waals surface area (Å²) in [7, 11) is 0. The lowest BCUT2D eigenvalue weighted by atomic mass is 9.85. The van der Waals surface area contributed by atoms with Gasteiger partial charge in [0.25, 0.3) is 0 Å². The van der Waals surface area contributed by atoms with Crippen LogP contribution in [0.4, 0.5) is 0 Å². The van der Waals surface area contributed by atoms with Gasteiger partial charge in [0.2, 0.25) is 0 Å². The molecular formula is C14H12O5. The maximum absolute atomic E-state index is 12.4. The van der Waals surface area contributed by atoms with Gasteiger partial charge < -0.3 is 14.9 Å². The number of aromatic hydroxyl groups is 2. The van der Waals surface area contributed by atoms with Gasteiger partial charge in [-0.05, 0) is 31.1 Å². The van der Waals surface area contributed by atoms with Gasteiger partial charge in [-0.3, -0.25) is 9.59 Å². The first-order valence-electron chi connectivity index (χ1n) is 6.06. The standard InChI is InChI=1S/C14H12O5/c15-8-3-4-9(16)13-12(8)10(17)6-7(14(13)18)11-2-1-5-19-11/h3-4,6,11,15-16H,1-2,5H2. The van der Waals surface area contributed by atoms with Crippen molar-refractivity contribution in [1.82, 2.24) is 0 Å². The number of carbonyl (C=O) groups excluding carboxylic acids is 2. The van der Waals surface area contributed by atoms with Gasteiger partial charge in [-0.2, -0.15) is 0 Å². The van der Waals surface area contributed by atoms with Crippen LogP contribution in [-0.4, -0.2) is 34.5 Å². The molecule has 0 radical (unpaired) electrons. The molecule has 0 bridgehead atoms. The fraction of sp³-hybridized carbons (Fsp3) is 0.286. The Bertz CT molecular complexity index is 609. The van der Waals surface area contributed by atoms with Gasteiger partial charge in [-0.25, -0.2) is 0 Å². The highest BCUT2D eigenvalue weighted by Crippen LogP contribution is 2.37. The molecule has 0 saturated carbocycles. The summed E-state index contributed by atoms with van der Waals surface area (Å²) < 4.78 is 5.41. The third-order valence-electron chi connectivity index (χ3n) is 3.46. The van der Waals surface area contributed by atoms with E-state index in [9.17, 15) is 19.8 Å². The van der Waals surface area contributed by atoms with E-state index in [2.05, 4.69) is 0 Å². The number of hydrogen-bond acceptors (Lipinski definition) is 5. The van der Waals surface area contributed by atoms with Gasteiger partial charge in [-0.1, -0.05) is 0 Å². The van der Waals surface area contributed by atoms with Crippen LogP contribution in [0.5, 0.6) is 11.5 Å². The first kappa shape index (κ1) is 11.9. The Morgan fingerprint density at radius 2 is 1.79 bits per heavy atom. The van der Waals surface area contributed by atoms with Gasteiger partial charge in [0.1, 0.15) is 11.5 Å². The number of ether oxygens (including phenoxy) is 1. The quantitative estimate of drug-likeness (QED) is 0.749. The summed E-state index contributed by atoms with van der Waals surface area (Å²) in [6.45, 7) is 0.558. The number of carbonyl (C=O) groups is 2. The van der Waals surface area contributed by atoms with E-state index < -0.39 is 17.7 Å². The Morgan fingerprint density at radius 1 is 1.11 bits per heavy atom. The number of hydrogen-bond donors (Lipinski definition) is 2. The normalized spacial score (nSPS) is 22.3. The smallest absolute Gasteiger partial charge is 0.196 e. The van der Waals surface area contributed by atoms with Crippen molar-refractivity contribution in [3.63, 3.8) is 0 Å². The largest absolute Gasteiger partial charge is 0.507 e. The van der Waals surface area contributed by atoms with E-state index in [1.54, 1.807) is 0 Å². The highest BCUT2D eigenvalue weighted by molar-refractivity contribution is 6.26. The Labute approximate surface area is 109 Å². The molecule has 98 valence electrons. The first-order valence-corrected chi connectivity index (χ1v) is 6.06. The topological polar surface area (TPSA) is 83.8 Å². The summed E-state index contributed by atoms with van der Waals surface area (Å²) >= 11 is 0. The third kappa shape index (κ3) is 1.74. The number of phenols is 2. The molecule has 5 nitrogen and oxygen atoms in total. The highest BCUT2D eigenvalue weighted by Gasteiger charge is 2.35. The van der Waals surface area contributed by atoms with Crippen molar-refractivity contribution in [3.05, 3.63) is 34.9 Å². The lowest BCUT2D eigenvalue weighted by molar-refractivity contribution is 0.0903. The van der Waals surface area contributed by atoms with Crippen LogP contribution < -0.4 is 0 Å². The van der Waals surface area contributed by atoms with Crippen molar-refractivity contribution >= 4 is 11.6 Å². The summed E-state index contributed by atoms with van der Waals surface area (Å²) in [6, 6.07) is 2.40. The molecule has 1 saturated heterocycles. The van der Waals surface area contributed by atoms with Crippen LogP contribution >= 0.6 is 0 Å². The van der Waals surface area contributed by atoms with E-state index in [0.29, 0.717) is 13.0 Å². The number of benzene rings is 1. The molecule has 2 N–H and O–H groups in total. The van der Waals surface area contributed by atoms with Crippen molar-refractivity contribution in [1.29, 1.82) is 0 Å². The molecule has 19 heavy (non-hydrogen) atoms. The first-order chi connectivity index (χ1) is 9.09. The van der Waals surface area contributed by atoms with Gasteiger partial charge in [0, 0.05) is 12.2 Å². The van der Waals surface area contributed by atoms with E-state index in [4.69, 9.17) is 4.74 Å².